The van der Waals surface area contributed by atoms with E-state index in [1.807, 2.05) is 13.8 Å². The normalized spacial score (nSPS) is 26.3. The highest BCUT2D eigenvalue weighted by atomic mass is 16.6. The van der Waals surface area contributed by atoms with E-state index in [-0.39, 0.29) is 23.0 Å². The lowest BCUT2D eigenvalue weighted by Crippen LogP contribution is -2.52. The second kappa shape index (κ2) is 5.65. The number of nitro benzene ring substituents is 1. The van der Waals surface area contributed by atoms with Crippen LogP contribution in [0.5, 0.6) is 0 Å². The zero-order valence-electron chi connectivity index (χ0n) is 14.0. The van der Waals surface area contributed by atoms with Gasteiger partial charge in [0.25, 0.3) is 17.5 Å². The van der Waals surface area contributed by atoms with Crippen LogP contribution in [-0.4, -0.2) is 22.5 Å². The van der Waals surface area contributed by atoms with Crippen molar-refractivity contribution in [1.29, 1.82) is 0 Å². The van der Waals surface area contributed by atoms with E-state index in [9.17, 15) is 24.5 Å². The molecule has 0 spiro atoms. The van der Waals surface area contributed by atoms with E-state index in [0.29, 0.717) is 12.8 Å². The molecule has 2 atom stereocenters. The summed E-state index contributed by atoms with van der Waals surface area (Å²) in [5.41, 5.74) is 2.81. The molecule has 2 aliphatic carbocycles. The van der Waals surface area contributed by atoms with Crippen LogP contribution in [0.2, 0.25) is 0 Å². The Morgan fingerprint density at radius 1 is 1.28 bits per heavy atom. The largest absolute Gasteiger partial charge is 0.298 e. The third-order valence-electron chi connectivity index (χ3n) is 5.60. The number of nitrogens with zero attached hydrogens (tertiary/aromatic N) is 1. The number of benzene rings is 1. The fraction of sp³-hybridized carbons (Fsp3) is 0.471. The van der Waals surface area contributed by atoms with Gasteiger partial charge in [0.15, 0.2) is 5.78 Å². The predicted octanol–water partition coefficient (Wildman–Crippen LogP) is 1.75. The average molecular weight is 345 g/mol. The molecule has 2 unspecified atom stereocenters. The molecule has 3 rings (SSSR count). The Labute approximate surface area is 144 Å². The number of carbonyl (C=O) groups excluding carboxylic acids is 3. The van der Waals surface area contributed by atoms with E-state index < -0.39 is 27.6 Å². The maximum atomic E-state index is 12.6. The third-order valence-corrected chi connectivity index (χ3v) is 5.60. The molecule has 1 aromatic carbocycles. The molecule has 0 heterocycles. The zero-order valence-corrected chi connectivity index (χ0v) is 14.0. The summed E-state index contributed by atoms with van der Waals surface area (Å²) in [6, 6.07) is 5.18. The summed E-state index contributed by atoms with van der Waals surface area (Å²) in [6.45, 7) is 3.71. The van der Waals surface area contributed by atoms with Crippen LogP contribution in [0.25, 0.3) is 0 Å². The molecule has 132 valence electrons. The third kappa shape index (κ3) is 2.57. The smallest absolute Gasteiger partial charge is 0.270 e. The molecule has 25 heavy (non-hydrogen) atoms. The summed E-state index contributed by atoms with van der Waals surface area (Å²) >= 11 is 0. The van der Waals surface area contributed by atoms with Gasteiger partial charge in [0.05, 0.1) is 4.92 Å². The SMILES string of the molecule is CC1(C)C(=O)C2(C(=O)NNC(=O)c3cccc([N+](=O)[O-])c3)CCC1C2. The summed E-state index contributed by atoms with van der Waals surface area (Å²) in [6.07, 6.45) is 1.79. The first-order chi connectivity index (χ1) is 11.7. The summed E-state index contributed by atoms with van der Waals surface area (Å²) in [5.74, 6) is -1.09. The molecule has 2 amide bonds. The van der Waals surface area contributed by atoms with E-state index in [1.165, 1.54) is 18.2 Å². The molecule has 0 radical (unpaired) electrons. The van der Waals surface area contributed by atoms with E-state index in [1.54, 1.807) is 0 Å². The quantitative estimate of drug-likeness (QED) is 0.491. The number of rotatable bonds is 3. The van der Waals surface area contributed by atoms with Crippen molar-refractivity contribution in [3.05, 3.63) is 39.9 Å². The molecule has 2 N–H and O–H groups in total. The number of ketones is 1. The van der Waals surface area contributed by atoms with Crippen molar-refractivity contribution >= 4 is 23.3 Å². The highest BCUT2D eigenvalue weighted by Gasteiger charge is 2.65. The Hall–Kier alpha value is -2.77. The van der Waals surface area contributed by atoms with Gasteiger partial charge in [-0.1, -0.05) is 19.9 Å². The second-order valence-corrected chi connectivity index (χ2v) is 7.29. The van der Waals surface area contributed by atoms with Gasteiger partial charge in [-0.15, -0.1) is 0 Å². The number of hydrogen-bond donors (Lipinski definition) is 2. The van der Waals surface area contributed by atoms with Crippen LogP contribution in [0.4, 0.5) is 5.69 Å². The van der Waals surface area contributed by atoms with Crippen molar-refractivity contribution in [3.63, 3.8) is 0 Å². The van der Waals surface area contributed by atoms with Gasteiger partial charge in [-0.3, -0.25) is 35.3 Å². The molecule has 2 bridgehead atoms. The maximum absolute atomic E-state index is 12.6. The molecule has 0 aliphatic heterocycles. The molecule has 1 aromatic rings. The van der Waals surface area contributed by atoms with Crippen LogP contribution in [0.3, 0.4) is 0 Å². The summed E-state index contributed by atoms with van der Waals surface area (Å²) < 4.78 is 0. The van der Waals surface area contributed by atoms with Crippen LogP contribution < -0.4 is 10.9 Å². The van der Waals surface area contributed by atoms with Gasteiger partial charge >= 0.3 is 0 Å². The van der Waals surface area contributed by atoms with E-state index >= 15 is 0 Å². The second-order valence-electron chi connectivity index (χ2n) is 7.29. The molecular weight excluding hydrogens is 326 g/mol. The van der Waals surface area contributed by atoms with Crippen molar-refractivity contribution in [3.8, 4) is 0 Å². The average Bonchev–Trinajstić information content (AvgIpc) is 3.12. The molecule has 2 saturated carbocycles. The fourth-order valence-corrected chi connectivity index (χ4v) is 4.05. The number of carbonyl (C=O) groups is 3. The lowest BCUT2D eigenvalue weighted by atomic mass is 9.70. The van der Waals surface area contributed by atoms with Gasteiger partial charge in [-0.05, 0) is 31.2 Å². The number of non-ortho nitro benzene ring substituents is 1. The Morgan fingerprint density at radius 3 is 2.60 bits per heavy atom. The van der Waals surface area contributed by atoms with E-state index in [2.05, 4.69) is 10.9 Å². The van der Waals surface area contributed by atoms with Crippen molar-refractivity contribution in [2.24, 2.45) is 16.7 Å². The van der Waals surface area contributed by atoms with Crippen LogP contribution in [0.15, 0.2) is 24.3 Å². The number of hydrazine groups is 1. The van der Waals surface area contributed by atoms with Crippen LogP contribution in [0, 0.1) is 26.9 Å². The number of hydrogen-bond acceptors (Lipinski definition) is 5. The van der Waals surface area contributed by atoms with Gasteiger partial charge in [0.2, 0.25) is 0 Å². The number of nitrogens with one attached hydrogen (secondary N) is 2. The molecule has 2 fully saturated rings. The molecule has 0 saturated heterocycles. The van der Waals surface area contributed by atoms with Gasteiger partial charge < -0.3 is 0 Å². The topological polar surface area (TPSA) is 118 Å². The standard InChI is InChI=1S/C17H19N3O5/c1-16(2)11-6-7-17(9-11,14(16)22)15(23)19-18-13(21)10-4-3-5-12(8-10)20(24)25/h3-5,8,11H,6-7,9H2,1-2H3,(H,18,21)(H,19,23). The number of amides is 2. The number of nitro groups is 1. The highest BCUT2D eigenvalue weighted by Crippen LogP contribution is 2.60. The first kappa shape index (κ1) is 17.1. The minimum atomic E-state index is -1.08. The highest BCUT2D eigenvalue weighted by molar-refractivity contribution is 6.11. The van der Waals surface area contributed by atoms with Crippen LogP contribution in [-0.2, 0) is 9.59 Å². The van der Waals surface area contributed by atoms with Crippen molar-refractivity contribution in [2.45, 2.75) is 33.1 Å². The Kier molecular flexibility index (Phi) is 3.85. The number of fused-ring (bicyclic) bond motifs is 2. The molecular formula is C17H19N3O5. The van der Waals surface area contributed by atoms with Gasteiger partial charge in [0, 0.05) is 23.1 Å². The van der Waals surface area contributed by atoms with E-state index in [4.69, 9.17) is 0 Å². The molecule has 0 aromatic heterocycles. The van der Waals surface area contributed by atoms with Gasteiger partial charge in [-0.25, -0.2) is 0 Å². The Bertz CT molecular complexity index is 788. The zero-order chi connectivity index (χ0) is 18.4. The monoisotopic (exact) mass is 345 g/mol. The molecule has 2 aliphatic rings. The summed E-state index contributed by atoms with van der Waals surface area (Å²) in [4.78, 5) is 47.5. The van der Waals surface area contributed by atoms with Gasteiger partial charge in [-0.2, -0.15) is 0 Å². The maximum Gasteiger partial charge on any atom is 0.270 e. The lowest BCUT2D eigenvalue weighted by Gasteiger charge is -2.32. The predicted molar refractivity (Wildman–Crippen MR) is 87.3 cm³/mol. The Balaban J connectivity index is 1.69. The van der Waals surface area contributed by atoms with Gasteiger partial charge in [0.1, 0.15) is 5.41 Å². The minimum Gasteiger partial charge on any atom is -0.298 e. The molecule has 8 heteroatoms. The lowest BCUT2D eigenvalue weighted by molar-refractivity contribution is -0.384. The Morgan fingerprint density at radius 2 is 2.00 bits per heavy atom. The molecule has 8 nitrogen and oxygen atoms in total. The van der Waals surface area contributed by atoms with E-state index in [0.717, 1.165) is 12.5 Å². The van der Waals surface area contributed by atoms with Crippen molar-refractivity contribution in [1.82, 2.24) is 10.9 Å². The number of Topliss-reactive ketones (excluding diaryl/α,β-unsaturated/α-hetero) is 1. The summed E-state index contributed by atoms with van der Waals surface area (Å²) in [7, 11) is 0. The first-order valence-electron chi connectivity index (χ1n) is 8.08. The summed E-state index contributed by atoms with van der Waals surface area (Å²) in [5, 5.41) is 10.8. The van der Waals surface area contributed by atoms with Crippen LogP contribution >= 0.6 is 0 Å². The van der Waals surface area contributed by atoms with Crippen molar-refractivity contribution in [2.75, 3.05) is 0 Å². The van der Waals surface area contributed by atoms with Crippen LogP contribution in [0.1, 0.15) is 43.5 Å². The minimum absolute atomic E-state index is 0.0503. The first-order valence-corrected chi connectivity index (χ1v) is 8.08. The fourth-order valence-electron chi connectivity index (χ4n) is 4.05. The van der Waals surface area contributed by atoms with Crippen molar-refractivity contribution < 1.29 is 19.3 Å².